The first-order valence-corrected chi connectivity index (χ1v) is 8.89. The van der Waals surface area contributed by atoms with Crippen molar-refractivity contribution in [3.05, 3.63) is 64.5 Å². The minimum atomic E-state index is -0.613. The fourth-order valence-electron chi connectivity index (χ4n) is 3.06. The molecule has 0 bridgehead atoms. The molecule has 0 aliphatic heterocycles. The lowest BCUT2D eigenvalue weighted by molar-refractivity contribution is 0.0576. The predicted octanol–water partition coefficient (Wildman–Crippen LogP) is 3.60. The number of hydrogen-bond donors (Lipinski definition) is 0. The number of methoxy groups -OCH3 is 1. The Morgan fingerprint density at radius 3 is 2.71 bits per heavy atom. The maximum atomic E-state index is 15.2. The first kappa shape index (κ1) is 20.1. The van der Waals surface area contributed by atoms with Gasteiger partial charge in [0, 0.05) is 31.7 Å². The normalized spacial score (nSPS) is 11.3. The van der Waals surface area contributed by atoms with Gasteiger partial charge in [0.25, 0.3) is 0 Å². The van der Waals surface area contributed by atoms with E-state index < -0.39 is 11.6 Å². The monoisotopic (exact) mass is 388 g/mol. The second kappa shape index (κ2) is 8.58. The Balaban J connectivity index is 2.03. The maximum absolute atomic E-state index is 15.2. The Labute approximate surface area is 161 Å². The number of nitrogens with zero attached hydrogens (tertiary/aromatic N) is 2. The number of aryl methyl sites for hydroxylation is 2. The summed E-state index contributed by atoms with van der Waals surface area (Å²) in [7, 11) is 3.25. The van der Waals surface area contributed by atoms with Crippen molar-refractivity contribution in [2.75, 3.05) is 26.9 Å². The third-order valence-corrected chi connectivity index (χ3v) is 4.60. The molecule has 0 aliphatic carbocycles. The molecule has 1 heterocycles. The van der Waals surface area contributed by atoms with Crippen LogP contribution in [0.25, 0.3) is 11.0 Å². The van der Waals surface area contributed by atoms with Gasteiger partial charge in [-0.15, -0.1) is 0 Å². The van der Waals surface area contributed by atoms with Crippen LogP contribution in [0.1, 0.15) is 27.0 Å². The molecule has 0 fully saturated rings. The van der Waals surface area contributed by atoms with Gasteiger partial charge in [0.15, 0.2) is 11.6 Å². The fraction of sp³-hybridized carbons (Fsp3) is 0.333. The van der Waals surface area contributed by atoms with Gasteiger partial charge in [-0.05, 0) is 30.2 Å². The van der Waals surface area contributed by atoms with Crippen LogP contribution in [-0.4, -0.2) is 42.3 Å². The lowest BCUT2D eigenvalue weighted by Crippen LogP contribution is -2.15. The Morgan fingerprint density at radius 2 is 2.00 bits per heavy atom. The summed E-state index contributed by atoms with van der Waals surface area (Å²) in [5.41, 5.74) is 2.02. The second-order valence-corrected chi connectivity index (χ2v) is 6.68. The maximum Gasteiger partial charge on any atom is 0.188 e. The zero-order valence-electron chi connectivity index (χ0n) is 16.1. The van der Waals surface area contributed by atoms with Crippen molar-refractivity contribution in [2.24, 2.45) is 7.05 Å². The molecule has 0 aliphatic rings. The molecule has 5 nitrogen and oxygen atoms in total. The van der Waals surface area contributed by atoms with Gasteiger partial charge in [-0.1, -0.05) is 12.1 Å². The number of carbonyl (C=O) groups is 1. The number of ketones is 1. The zero-order valence-corrected chi connectivity index (χ0v) is 16.1. The summed E-state index contributed by atoms with van der Waals surface area (Å²) < 4.78 is 41.4. The molecule has 148 valence electrons. The van der Waals surface area contributed by atoms with Crippen LogP contribution in [0.5, 0.6) is 0 Å². The smallest absolute Gasteiger partial charge is 0.188 e. The van der Waals surface area contributed by atoms with E-state index in [0.717, 1.165) is 5.56 Å². The minimum Gasteiger partial charge on any atom is -0.382 e. The molecule has 0 saturated heterocycles. The SMILES string of the molecule is COCCOCC(=O)c1cc2c(ncn2C)c(F)c1Cc1ccc(C)cc1F. The van der Waals surface area contributed by atoms with Crippen molar-refractivity contribution >= 4 is 16.8 Å². The number of fused-ring (bicyclic) bond motifs is 1. The van der Waals surface area contributed by atoms with Crippen molar-refractivity contribution in [2.45, 2.75) is 13.3 Å². The molecule has 7 heteroatoms. The zero-order chi connectivity index (χ0) is 20.3. The molecule has 0 N–H and O–H groups in total. The number of halogens is 2. The molecule has 0 amide bonds. The number of imidazole rings is 1. The van der Waals surface area contributed by atoms with Crippen molar-refractivity contribution in [1.29, 1.82) is 0 Å². The van der Waals surface area contributed by atoms with E-state index in [4.69, 9.17) is 9.47 Å². The number of carbonyl (C=O) groups excluding carboxylic acids is 1. The summed E-state index contributed by atoms with van der Waals surface area (Å²) in [6.45, 7) is 2.17. The minimum absolute atomic E-state index is 0.0520. The number of rotatable bonds is 8. The molecule has 1 aromatic heterocycles. The van der Waals surface area contributed by atoms with Crippen LogP contribution in [-0.2, 0) is 22.9 Å². The van der Waals surface area contributed by atoms with Crippen molar-refractivity contribution in [3.63, 3.8) is 0 Å². The summed E-state index contributed by atoms with van der Waals surface area (Å²) in [5, 5.41) is 0. The molecule has 0 saturated carbocycles. The molecular weight excluding hydrogens is 366 g/mol. The van der Waals surface area contributed by atoms with Crippen LogP contribution in [0.3, 0.4) is 0 Å². The van der Waals surface area contributed by atoms with E-state index in [2.05, 4.69) is 4.98 Å². The van der Waals surface area contributed by atoms with Crippen molar-refractivity contribution < 1.29 is 23.0 Å². The fourth-order valence-corrected chi connectivity index (χ4v) is 3.06. The van der Waals surface area contributed by atoms with Crippen LogP contribution >= 0.6 is 0 Å². The van der Waals surface area contributed by atoms with E-state index in [1.165, 1.54) is 19.5 Å². The van der Waals surface area contributed by atoms with E-state index in [9.17, 15) is 9.18 Å². The summed E-state index contributed by atoms with van der Waals surface area (Å²) >= 11 is 0. The third-order valence-electron chi connectivity index (χ3n) is 4.60. The highest BCUT2D eigenvalue weighted by atomic mass is 19.1. The molecule has 0 spiro atoms. The Morgan fingerprint density at radius 1 is 1.21 bits per heavy atom. The van der Waals surface area contributed by atoms with Gasteiger partial charge in [-0.25, -0.2) is 13.8 Å². The van der Waals surface area contributed by atoms with Gasteiger partial charge in [0.05, 0.1) is 25.1 Å². The van der Waals surface area contributed by atoms with Gasteiger partial charge >= 0.3 is 0 Å². The lowest BCUT2D eigenvalue weighted by Gasteiger charge is -2.13. The molecule has 0 atom stereocenters. The molecule has 3 aromatic rings. The molecule has 2 aromatic carbocycles. The highest BCUT2D eigenvalue weighted by Gasteiger charge is 2.22. The molecule has 28 heavy (non-hydrogen) atoms. The van der Waals surface area contributed by atoms with Crippen LogP contribution < -0.4 is 0 Å². The standard InChI is InChI=1S/C21H22F2N2O3/c1-13-4-5-14(17(22)8-13)9-16-15(19(26)11-28-7-6-27-3)10-18-21(20(16)23)24-12-25(18)2/h4-5,8,10,12H,6-7,9,11H2,1-3H3. The summed E-state index contributed by atoms with van der Waals surface area (Å²) in [5.74, 6) is -1.42. The van der Waals surface area contributed by atoms with Gasteiger partial charge < -0.3 is 14.0 Å². The highest BCUT2D eigenvalue weighted by molar-refractivity contribution is 6.01. The lowest BCUT2D eigenvalue weighted by atomic mass is 9.95. The van der Waals surface area contributed by atoms with Crippen molar-refractivity contribution in [1.82, 2.24) is 9.55 Å². The third kappa shape index (κ3) is 4.10. The average Bonchev–Trinajstić information content (AvgIpc) is 3.03. The summed E-state index contributed by atoms with van der Waals surface area (Å²) in [4.78, 5) is 16.8. The first-order chi connectivity index (χ1) is 13.4. The number of Topliss-reactive ketones (excluding diaryl/α,β-unsaturated/α-hetero) is 1. The topological polar surface area (TPSA) is 53.4 Å². The van der Waals surface area contributed by atoms with E-state index in [0.29, 0.717) is 17.7 Å². The first-order valence-electron chi connectivity index (χ1n) is 8.89. The predicted molar refractivity (Wildman–Crippen MR) is 102 cm³/mol. The van der Waals surface area contributed by atoms with Crippen molar-refractivity contribution in [3.8, 4) is 0 Å². The molecular formula is C21H22F2N2O3. The highest BCUT2D eigenvalue weighted by Crippen LogP contribution is 2.27. The van der Waals surface area contributed by atoms with Gasteiger partial charge in [-0.2, -0.15) is 0 Å². The van der Waals surface area contributed by atoms with Crippen LogP contribution in [0.2, 0.25) is 0 Å². The quantitative estimate of drug-likeness (QED) is 0.437. The van der Waals surface area contributed by atoms with Gasteiger partial charge in [0.1, 0.15) is 17.9 Å². The number of ether oxygens (including phenoxy) is 2. The summed E-state index contributed by atoms with van der Waals surface area (Å²) in [6.07, 6.45) is 1.43. The Hall–Kier alpha value is -2.64. The Kier molecular flexibility index (Phi) is 6.16. The number of aromatic nitrogens is 2. The average molecular weight is 388 g/mol. The molecule has 0 unspecified atom stereocenters. The van der Waals surface area contributed by atoms with Crippen LogP contribution in [0, 0.1) is 18.6 Å². The van der Waals surface area contributed by atoms with E-state index >= 15 is 4.39 Å². The van der Waals surface area contributed by atoms with Crippen LogP contribution in [0.15, 0.2) is 30.6 Å². The summed E-state index contributed by atoms with van der Waals surface area (Å²) in [6, 6.07) is 6.35. The van der Waals surface area contributed by atoms with Gasteiger partial charge in [-0.3, -0.25) is 4.79 Å². The Bertz CT molecular complexity index is 1010. The van der Waals surface area contributed by atoms with E-state index in [1.54, 1.807) is 36.7 Å². The largest absolute Gasteiger partial charge is 0.382 e. The van der Waals surface area contributed by atoms with Gasteiger partial charge in [0.2, 0.25) is 0 Å². The van der Waals surface area contributed by atoms with E-state index in [-0.39, 0.29) is 42.1 Å². The number of hydrogen-bond acceptors (Lipinski definition) is 4. The molecule has 3 rings (SSSR count). The second-order valence-electron chi connectivity index (χ2n) is 6.68. The molecule has 0 radical (unpaired) electrons. The number of benzene rings is 2. The van der Waals surface area contributed by atoms with E-state index in [1.807, 2.05) is 0 Å². The van der Waals surface area contributed by atoms with Crippen LogP contribution in [0.4, 0.5) is 8.78 Å².